The zero-order valence-corrected chi connectivity index (χ0v) is 21.2. The number of nitrogens with two attached hydrogens (primary N) is 3. The average molecular weight is 522 g/mol. The number of rotatable bonds is 16. The van der Waals surface area contributed by atoms with Crippen LogP contribution in [-0.4, -0.2) is 77.2 Å². The van der Waals surface area contributed by atoms with E-state index in [0.29, 0.717) is 6.42 Å². The van der Waals surface area contributed by atoms with Gasteiger partial charge in [-0.15, -0.1) is 0 Å². The van der Waals surface area contributed by atoms with E-state index in [4.69, 9.17) is 22.3 Å². The smallest absolute Gasteiger partial charge is 0.326 e. The van der Waals surface area contributed by atoms with Crippen molar-refractivity contribution in [1.82, 2.24) is 16.0 Å². The number of carbonyl (C=O) groups excluding carboxylic acids is 3. The first-order chi connectivity index (χ1) is 17.4. The van der Waals surface area contributed by atoms with E-state index in [1.54, 1.807) is 30.3 Å². The summed E-state index contributed by atoms with van der Waals surface area (Å²) >= 11 is 0. The van der Waals surface area contributed by atoms with Crippen LogP contribution in [0.15, 0.2) is 35.3 Å². The van der Waals surface area contributed by atoms with Gasteiger partial charge in [-0.05, 0) is 30.7 Å². The van der Waals surface area contributed by atoms with Gasteiger partial charge in [-0.2, -0.15) is 0 Å². The van der Waals surface area contributed by atoms with Gasteiger partial charge in [0.2, 0.25) is 17.7 Å². The molecule has 1 aromatic rings. The van der Waals surface area contributed by atoms with E-state index in [-0.39, 0.29) is 37.7 Å². The Morgan fingerprint density at radius 2 is 1.49 bits per heavy atom. The SMILES string of the molecule is CC(C)CC(NC(=O)C(N)CO)C(=O)NC(Cc1ccccc1)C(=O)NC(CCCN=C(N)N)C(=O)O. The second kappa shape index (κ2) is 16.1. The third-order valence-electron chi connectivity index (χ3n) is 5.35. The number of carboxylic acid groups (broad SMARTS) is 1. The number of benzene rings is 1. The van der Waals surface area contributed by atoms with Crippen LogP contribution in [0.5, 0.6) is 0 Å². The summed E-state index contributed by atoms with van der Waals surface area (Å²) in [6, 6.07) is 4.29. The number of aliphatic hydroxyl groups excluding tert-OH is 1. The molecule has 0 aliphatic carbocycles. The number of nitrogens with zero attached hydrogens (tertiary/aromatic N) is 1. The number of aliphatic imine (C=N–C) groups is 1. The van der Waals surface area contributed by atoms with Crippen LogP contribution in [0.1, 0.15) is 38.7 Å². The first kappa shape index (κ1) is 31.3. The molecule has 0 aliphatic heterocycles. The van der Waals surface area contributed by atoms with E-state index < -0.39 is 54.5 Å². The molecule has 0 saturated carbocycles. The van der Waals surface area contributed by atoms with Gasteiger partial charge < -0.3 is 43.4 Å². The van der Waals surface area contributed by atoms with Crippen LogP contribution in [0.4, 0.5) is 0 Å². The van der Waals surface area contributed by atoms with Gasteiger partial charge >= 0.3 is 5.97 Å². The molecule has 0 saturated heterocycles. The molecule has 206 valence electrons. The topological polar surface area (TPSA) is 235 Å². The highest BCUT2D eigenvalue weighted by molar-refractivity contribution is 5.94. The van der Waals surface area contributed by atoms with Crippen LogP contribution < -0.4 is 33.2 Å². The summed E-state index contributed by atoms with van der Waals surface area (Å²) in [5.41, 5.74) is 16.8. The maximum atomic E-state index is 13.2. The quantitative estimate of drug-likeness (QED) is 0.0694. The van der Waals surface area contributed by atoms with E-state index in [0.717, 1.165) is 5.56 Å². The van der Waals surface area contributed by atoms with E-state index in [1.807, 2.05) is 13.8 Å². The van der Waals surface area contributed by atoms with E-state index in [9.17, 15) is 24.3 Å². The largest absolute Gasteiger partial charge is 0.480 e. The second-order valence-corrected chi connectivity index (χ2v) is 9.08. The van der Waals surface area contributed by atoms with Gasteiger partial charge in [0.25, 0.3) is 0 Å². The Balaban J connectivity index is 3.07. The molecule has 13 heteroatoms. The Morgan fingerprint density at radius 1 is 0.919 bits per heavy atom. The molecule has 0 fully saturated rings. The summed E-state index contributed by atoms with van der Waals surface area (Å²) in [6.45, 7) is 3.30. The van der Waals surface area contributed by atoms with Crippen molar-refractivity contribution in [2.24, 2.45) is 28.1 Å². The van der Waals surface area contributed by atoms with Gasteiger partial charge in [-0.1, -0.05) is 44.2 Å². The number of carboxylic acids is 1. The summed E-state index contributed by atoms with van der Waals surface area (Å²) in [7, 11) is 0. The summed E-state index contributed by atoms with van der Waals surface area (Å²) in [6.07, 6.45) is 0.697. The molecule has 37 heavy (non-hydrogen) atoms. The van der Waals surface area contributed by atoms with Crippen molar-refractivity contribution in [2.45, 2.75) is 63.7 Å². The molecule has 0 aromatic heterocycles. The third kappa shape index (κ3) is 12.2. The minimum absolute atomic E-state index is 0.00408. The summed E-state index contributed by atoms with van der Waals surface area (Å²) in [5, 5.41) is 26.4. The molecule has 4 atom stereocenters. The fraction of sp³-hybridized carbons (Fsp3) is 0.542. The van der Waals surface area contributed by atoms with Crippen LogP contribution >= 0.6 is 0 Å². The van der Waals surface area contributed by atoms with Gasteiger partial charge in [0.1, 0.15) is 24.2 Å². The monoisotopic (exact) mass is 521 g/mol. The number of carbonyl (C=O) groups is 4. The maximum Gasteiger partial charge on any atom is 0.326 e. The first-order valence-corrected chi connectivity index (χ1v) is 12.0. The van der Waals surface area contributed by atoms with Gasteiger partial charge in [-0.3, -0.25) is 19.4 Å². The average Bonchev–Trinajstić information content (AvgIpc) is 2.84. The van der Waals surface area contributed by atoms with E-state index >= 15 is 0 Å². The molecule has 0 bridgehead atoms. The standard InChI is InChI=1S/C24H39N7O6/c1-14(2)11-18(30-20(33)16(25)13-32)21(34)31-19(12-15-7-4-3-5-8-15)22(35)29-17(23(36)37)9-6-10-28-24(26)27/h3-5,7-8,14,16-19,32H,6,9-13,25H2,1-2H3,(H,29,35)(H,30,33)(H,31,34)(H,36,37)(H4,26,27,28). The van der Waals surface area contributed by atoms with E-state index in [2.05, 4.69) is 20.9 Å². The zero-order chi connectivity index (χ0) is 28.0. The highest BCUT2D eigenvalue weighted by Crippen LogP contribution is 2.09. The van der Waals surface area contributed by atoms with Crippen molar-refractivity contribution in [1.29, 1.82) is 0 Å². The lowest BCUT2D eigenvalue weighted by Crippen LogP contribution is -2.58. The van der Waals surface area contributed by atoms with Crippen molar-refractivity contribution in [3.8, 4) is 0 Å². The molecule has 1 rings (SSSR count). The molecule has 0 heterocycles. The van der Waals surface area contributed by atoms with Gasteiger partial charge in [0.05, 0.1) is 6.61 Å². The summed E-state index contributed by atoms with van der Waals surface area (Å²) in [5.74, 6) is -3.41. The Kier molecular flexibility index (Phi) is 13.6. The van der Waals surface area contributed by atoms with Crippen LogP contribution in [0.2, 0.25) is 0 Å². The maximum absolute atomic E-state index is 13.2. The highest BCUT2D eigenvalue weighted by Gasteiger charge is 2.30. The lowest BCUT2D eigenvalue weighted by atomic mass is 10.0. The number of hydrogen-bond donors (Lipinski definition) is 8. The predicted molar refractivity (Wildman–Crippen MR) is 138 cm³/mol. The summed E-state index contributed by atoms with van der Waals surface area (Å²) < 4.78 is 0. The molecule has 11 N–H and O–H groups in total. The number of hydrogen-bond acceptors (Lipinski definition) is 7. The fourth-order valence-corrected chi connectivity index (χ4v) is 3.43. The number of guanidine groups is 1. The molecule has 0 aliphatic rings. The second-order valence-electron chi connectivity index (χ2n) is 9.08. The van der Waals surface area contributed by atoms with Crippen LogP contribution in [-0.2, 0) is 25.6 Å². The molecule has 1 aromatic carbocycles. The predicted octanol–water partition coefficient (Wildman–Crippen LogP) is -1.81. The number of amides is 3. The molecular weight excluding hydrogens is 482 g/mol. The van der Waals surface area contributed by atoms with E-state index in [1.165, 1.54) is 0 Å². The molecule has 3 amide bonds. The Bertz CT molecular complexity index is 921. The highest BCUT2D eigenvalue weighted by atomic mass is 16.4. The molecular formula is C24H39N7O6. The van der Waals surface area contributed by atoms with Crippen molar-refractivity contribution in [3.05, 3.63) is 35.9 Å². The fourth-order valence-electron chi connectivity index (χ4n) is 3.43. The van der Waals surface area contributed by atoms with Crippen LogP contribution in [0.3, 0.4) is 0 Å². The van der Waals surface area contributed by atoms with Crippen molar-refractivity contribution in [3.63, 3.8) is 0 Å². The Labute approximate surface area is 216 Å². The third-order valence-corrected chi connectivity index (χ3v) is 5.35. The minimum atomic E-state index is -1.24. The van der Waals surface area contributed by atoms with Crippen molar-refractivity contribution in [2.75, 3.05) is 13.2 Å². The van der Waals surface area contributed by atoms with Crippen LogP contribution in [0, 0.1) is 5.92 Å². The minimum Gasteiger partial charge on any atom is -0.480 e. The lowest BCUT2D eigenvalue weighted by molar-refractivity contribution is -0.142. The molecule has 0 radical (unpaired) electrons. The Hall–Kier alpha value is -3.71. The molecule has 0 spiro atoms. The van der Waals surface area contributed by atoms with Crippen molar-refractivity contribution >= 4 is 29.7 Å². The number of nitrogens with one attached hydrogen (secondary N) is 3. The Morgan fingerprint density at radius 3 is 2.03 bits per heavy atom. The van der Waals surface area contributed by atoms with Crippen molar-refractivity contribution < 1.29 is 29.4 Å². The van der Waals surface area contributed by atoms with Gasteiger partial charge in [0.15, 0.2) is 5.96 Å². The van der Waals surface area contributed by atoms with Gasteiger partial charge in [-0.25, -0.2) is 4.79 Å². The van der Waals surface area contributed by atoms with Gasteiger partial charge in [0, 0.05) is 13.0 Å². The lowest BCUT2D eigenvalue weighted by Gasteiger charge is -2.26. The normalized spacial score (nSPS) is 14.1. The summed E-state index contributed by atoms with van der Waals surface area (Å²) in [4.78, 5) is 54.1. The number of aliphatic hydroxyl groups is 1. The number of aliphatic carboxylic acids is 1. The molecule has 4 unspecified atom stereocenters. The first-order valence-electron chi connectivity index (χ1n) is 12.0. The van der Waals surface area contributed by atoms with Crippen LogP contribution in [0.25, 0.3) is 0 Å². The zero-order valence-electron chi connectivity index (χ0n) is 21.2. The molecule has 13 nitrogen and oxygen atoms in total.